The highest BCUT2D eigenvalue weighted by Gasteiger charge is 2.22. The van der Waals surface area contributed by atoms with Crippen LogP contribution >= 0.6 is 11.6 Å². The van der Waals surface area contributed by atoms with Crippen LogP contribution in [0.2, 0.25) is 0 Å². The fourth-order valence-corrected chi connectivity index (χ4v) is 3.10. The van der Waals surface area contributed by atoms with E-state index in [9.17, 15) is 0 Å². The van der Waals surface area contributed by atoms with E-state index < -0.39 is 0 Å². The van der Waals surface area contributed by atoms with Crippen molar-refractivity contribution < 1.29 is 0 Å². The fraction of sp³-hybridized carbons (Fsp3) is 0.438. The predicted octanol–water partition coefficient (Wildman–Crippen LogP) is 4.21. The molecular weight excluding hydrogens is 256 g/mol. The van der Waals surface area contributed by atoms with Gasteiger partial charge < -0.3 is 4.90 Å². The van der Waals surface area contributed by atoms with Gasteiger partial charge in [0.25, 0.3) is 0 Å². The van der Waals surface area contributed by atoms with Gasteiger partial charge >= 0.3 is 0 Å². The van der Waals surface area contributed by atoms with E-state index in [-0.39, 0.29) is 0 Å². The van der Waals surface area contributed by atoms with Crippen LogP contribution in [-0.4, -0.2) is 18.1 Å². The predicted molar refractivity (Wildman–Crippen MR) is 81.9 cm³/mol. The summed E-state index contributed by atoms with van der Waals surface area (Å²) in [6, 6.07) is 10.4. The van der Waals surface area contributed by atoms with Gasteiger partial charge in [0.1, 0.15) is 5.82 Å². The first-order valence-corrected chi connectivity index (χ1v) is 7.55. The minimum Gasteiger partial charge on any atom is -0.356 e. The van der Waals surface area contributed by atoms with Gasteiger partial charge in [0, 0.05) is 24.4 Å². The molecule has 2 heterocycles. The molecule has 3 rings (SSSR count). The monoisotopic (exact) mass is 274 g/mol. The Morgan fingerprint density at radius 3 is 2.95 bits per heavy atom. The van der Waals surface area contributed by atoms with Crippen molar-refractivity contribution in [2.75, 3.05) is 18.0 Å². The average Bonchev–Trinajstić information content (AvgIpc) is 2.95. The highest BCUT2D eigenvalue weighted by Crippen LogP contribution is 2.28. The molecule has 1 fully saturated rings. The smallest absolute Gasteiger partial charge is 0.129 e. The van der Waals surface area contributed by atoms with Crippen LogP contribution in [0.1, 0.15) is 25.3 Å². The molecule has 0 radical (unpaired) electrons. The lowest BCUT2D eigenvalue weighted by atomic mass is 10.1. The van der Waals surface area contributed by atoms with Crippen molar-refractivity contribution in [3.8, 4) is 0 Å². The number of rotatable bonds is 3. The first-order chi connectivity index (χ1) is 9.31. The summed E-state index contributed by atoms with van der Waals surface area (Å²) in [6.45, 7) is 4.52. The number of aromatic nitrogens is 1. The molecule has 1 aliphatic heterocycles. The number of alkyl halides is 1. The van der Waals surface area contributed by atoms with Crippen molar-refractivity contribution in [2.24, 2.45) is 5.92 Å². The number of fused-ring (bicyclic) bond motifs is 1. The number of hydrogen-bond donors (Lipinski definition) is 0. The highest BCUT2D eigenvalue weighted by molar-refractivity contribution is 6.18. The maximum atomic E-state index is 6.09. The number of pyridine rings is 1. The molecule has 100 valence electrons. The zero-order valence-electron chi connectivity index (χ0n) is 11.3. The van der Waals surface area contributed by atoms with Crippen LogP contribution < -0.4 is 4.90 Å². The lowest BCUT2D eigenvalue weighted by molar-refractivity contribution is 0.569. The van der Waals surface area contributed by atoms with E-state index in [0.29, 0.717) is 5.88 Å². The Kier molecular flexibility index (Phi) is 3.61. The summed E-state index contributed by atoms with van der Waals surface area (Å²) in [4.78, 5) is 7.20. The van der Waals surface area contributed by atoms with Crippen LogP contribution in [0.25, 0.3) is 10.9 Å². The van der Waals surface area contributed by atoms with E-state index in [0.717, 1.165) is 30.3 Å². The van der Waals surface area contributed by atoms with Gasteiger partial charge in [-0.2, -0.15) is 0 Å². The second kappa shape index (κ2) is 5.38. The molecule has 2 nitrogen and oxygen atoms in total. The van der Waals surface area contributed by atoms with Crippen LogP contribution in [0.15, 0.2) is 30.3 Å². The topological polar surface area (TPSA) is 16.1 Å². The van der Waals surface area contributed by atoms with Gasteiger partial charge in [-0.05, 0) is 30.0 Å². The number of benzene rings is 1. The van der Waals surface area contributed by atoms with E-state index in [1.165, 1.54) is 23.8 Å². The first kappa shape index (κ1) is 12.7. The van der Waals surface area contributed by atoms with Gasteiger partial charge in [0.05, 0.1) is 5.52 Å². The fourth-order valence-electron chi connectivity index (χ4n) is 2.88. The maximum Gasteiger partial charge on any atom is 0.129 e. The van der Waals surface area contributed by atoms with Crippen LogP contribution in [0.3, 0.4) is 0 Å². The first-order valence-electron chi connectivity index (χ1n) is 7.01. The van der Waals surface area contributed by atoms with Crippen molar-refractivity contribution in [1.82, 2.24) is 4.98 Å². The molecule has 0 spiro atoms. The third kappa shape index (κ3) is 2.42. The Morgan fingerprint density at radius 2 is 2.21 bits per heavy atom. The molecule has 1 atom stereocenters. The standard InChI is InChI=1S/C16H19ClN2/c1-2-12-7-8-19(11-12)16-9-13(10-17)14-5-3-4-6-15(14)18-16/h3-6,9,12H,2,7-8,10-11H2,1H3. The zero-order chi connectivity index (χ0) is 13.2. The summed E-state index contributed by atoms with van der Waals surface area (Å²) in [7, 11) is 0. The summed E-state index contributed by atoms with van der Waals surface area (Å²) in [6.07, 6.45) is 2.54. The molecule has 0 N–H and O–H groups in total. The Bertz CT molecular complexity index is 582. The molecular formula is C16H19ClN2. The van der Waals surface area contributed by atoms with E-state index >= 15 is 0 Å². The van der Waals surface area contributed by atoms with Gasteiger partial charge in [-0.3, -0.25) is 0 Å². The number of hydrogen-bond acceptors (Lipinski definition) is 2. The van der Waals surface area contributed by atoms with Gasteiger partial charge in [0.2, 0.25) is 0 Å². The van der Waals surface area contributed by atoms with Crippen molar-refractivity contribution >= 4 is 28.3 Å². The van der Waals surface area contributed by atoms with E-state index in [1.807, 2.05) is 12.1 Å². The summed E-state index contributed by atoms with van der Waals surface area (Å²) in [5.74, 6) is 2.44. The summed E-state index contributed by atoms with van der Waals surface area (Å²) in [5, 5.41) is 1.17. The maximum absolute atomic E-state index is 6.09. The van der Waals surface area contributed by atoms with Crippen LogP contribution in [0.4, 0.5) is 5.82 Å². The molecule has 0 saturated carbocycles. The average molecular weight is 275 g/mol. The zero-order valence-corrected chi connectivity index (χ0v) is 12.0. The van der Waals surface area contributed by atoms with E-state index in [1.54, 1.807) is 0 Å². The molecule has 0 amide bonds. The summed E-state index contributed by atoms with van der Waals surface area (Å²) in [5.41, 5.74) is 2.23. The molecule has 3 heteroatoms. The van der Waals surface area contributed by atoms with Crippen molar-refractivity contribution in [3.05, 3.63) is 35.9 Å². The second-order valence-electron chi connectivity index (χ2n) is 5.30. The molecule has 1 saturated heterocycles. The Hall–Kier alpha value is -1.28. The van der Waals surface area contributed by atoms with Crippen molar-refractivity contribution in [1.29, 1.82) is 0 Å². The van der Waals surface area contributed by atoms with Crippen molar-refractivity contribution in [3.63, 3.8) is 0 Å². The third-order valence-electron chi connectivity index (χ3n) is 4.12. The molecule has 1 aliphatic rings. The number of nitrogens with zero attached hydrogens (tertiary/aromatic N) is 2. The van der Waals surface area contributed by atoms with Gasteiger partial charge in [0.15, 0.2) is 0 Å². The van der Waals surface area contributed by atoms with E-state index in [4.69, 9.17) is 16.6 Å². The Morgan fingerprint density at radius 1 is 1.37 bits per heavy atom. The molecule has 2 aromatic rings. The largest absolute Gasteiger partial charge is 0.356 e. The number of para-hydroxylation sites is 1. The normalized spacial score (nSPS) is 19.3. The molecule has 0 aliphatic carbocycles. The molecule has 1 aromatic heterocycles. The molecule has 0 bridgehead atoms. The minimum atomic E-state index is 0.543. The van der Waals surface area contributed by atoms with Gasteiger partial charge in [-0.25, -0.2) is 4.98 Å². The lowest BCUT2D eigenvalue weighted by Gasteiger charge is -2.19. The van der Waals surface area contributed by atoms with Crippen LogP contribution in [0, 0.1) is 5.92 Å². The Balaban J connectivity index is 2.00. The van der Waals surface area contributed by atoms with Gasteiger partial charge in [-0.15, -0.1) is 11.6 Å². The van der Waals surface area contributed by atoms with E-state index in [2.05, 4.69) is 30.0 Å². The summed E-state index contributed by atoms with van der Waals surface area (Å²) >= 11 is 6.09. The quantitative estimate of drug-likeness (QED) is 0.780. The molecule has 1 aromatic carbocycles. The van der Waals surface area contributed by atoms with Crippen LogP contribution in [0.5, 0.6) is 0 Å². The third-order valence-corrected chi connectivity index (χ3v) is 4.41. The summed E-state index contributed by atoms with van der Waals surface area (Å²) < 4.78 is 0. The number of anilines is 1. The number of halogens is 1. The highest BCUT2D eigenvalue weighted by atomic mass is 35.5. The molecule has 1 unspecified atom stereocenters. The van der Waals surface area contributed by atoms with Crippen LogP contribution in [-0.2, 0) is 5.88 Å². The van der Waals surface area contributed by atoms with Gasteiger partial charge in [-0.1, -0.05) is 31.5 Å². The Labute approximate surface area is 119 Å². The van der Waals surface area contributed by atoms with Crippen molar-refractivity contribution in [2.45, 2.75) is 25.6 Å². The minimum absolute atomic E-state index is 0.543. The SMILES string of the molecule is CCC1CCN(c2cc(CCl)c3ccccc3n2)C1. The lowest BCUT2D eigenvalue weighted by Crippen LogP contribution is -2.20. The second-order valence-corrected chi connectivity index (χ2v) is 5.57. The molecule has 19 heavy (non-hydrogen) atoms.